The van der Waals surface area contributed by atoms with Crippen molar-refractivity contribution in [1.29, 1.82) is 0 Å². The Bertz CT molecular complexity index is 742. The summed E-state index contributed by atoms with van der Waals surface area (Å²) >= 11 is 1.72. The summed E-state index contributed by atoms with van der Waals surface area (Å²) in [5.41, 5.74) is 0.771. The van der Waals surface area contributed by atoms with Crippen molar-refractivity contribution in [3.63, 3.8) is 0 Å². The SMILES string of the molecule is O=C(c1cc2ccccc2o1)N1CCC[C@H]1c1cccs1. The molecule has 1 aromatic carbocycles. The highest BCUT2D eigenvalue weighted by Crippen LogP contribution is 2.36. The molecule has 4 rings (SSSR count). The average molecular weight is 297 g/mol. The summed E-state index contributed by atoms with van der Waals surface area (Å²) in [5.74, 6) is 0.446. The topological polar surface area (TPSA) is 33.5 Å². The molecule has 0 N–H and O–H groups in total. The highest BCUT2D eigenvalue weighted by Gasteiger charge is 2.32. The minimum absolute atomic E-state index is 0.00194. The monoisotopic (exact) mass is 297 g/mol. The van der Waals surface area contributed by atoms with Gasteiger partial charge in [0.1, 0.15) is 5.58 Å². The molecule has 1 saturated heterocycles. The first-order valence-electron chi connectivity index (χ1n) is 7.16. The lowest BCUT2D eigenvalue weighted by molar-refractivity contribution is 0.0708. The van der Waals surface area contributed by atoms with E-state index in [1.54, 1.807) is 11.3 Å². The van der Waals surface area contributed by atoms with E-state index in [1.165, 1.54) is 4.88 Å². The van der Waals surface area contributed by atoms with Gasteiger partial charge < -0.3 is 9.32 Å². The molecule has 106 valence electrons. The number of furan rings is 1. The number of carbonyl (C=O) groups is 1. The lowest BCUT2D eigenvalue weighted by Gasteiger charge is -2.22. The van der Waals surface area contributed by atoms with Gasteiger partial charge in [-0.3, -0.25) is 4.79 Å². The molecule has 0 bridgehead atoms. The molecule has 0 spiro atoms. The van der Waals surface area contributed by atoms with E-state index in [0.717, 1.165) is 30.4 Å². The average Bonchev–Trinajstić information content (AvgIpc) is 3.23. The number of amides is 1. The van der Waals surface area contributed by atoms with E-state index in [1.807, 2.05) is 41.3 Å². The number of nitrogens with zero attached hydrogens (tertiary/aromatic N) is 1. The van der Waals surface area contributed by atoms with Gasteiger partial charge in [0.2, 0.25) is 0 Å². The molecule has 0 aliphatic carbocycles. The predicted octanol–water partition coefficient (Wildman–Crippen LogP) is 4.47. The third-order valence-electron chi connectivity index (χ3n) is 4.02. The highest BCUT2D eigenvalue weighted by atomic mass is 32.1. The molecule has 21 heavy (non-hydrogen) atoms. The van der Waals surface area contributed by atoms with Crippen LogP contribution in [0.3, 0.4) is 0 Å². The Balaban J connectivity index is 1.67. The maximum absolute atomic E-state index is 12.8. The molecule has 4 heteroatoms. The first kappa shape index (κ1) is 12.7. The Kier molecular flexibility index (Phi) is 3.04. The van der Waals surface area contributed by atoms with Gasteiger partial charge in [0.05, 0.1) is 6.04 Å². The third kappa shape index (κ3) is 2.16. The van der Waals surface area contributed by atoms with Crippen LogP contribution in [0.4, 0.5) is 0 Å². The molecule has 3 aromatic rings. The first-order chi connectivity index (χ1) is 10.3. The van der Waals surface area contributed by atoms with Crippen LogP contribution < -0.4 is 0 Å². The van der Waals surface area contributed by atoms with E-state index >= 15 is 0 Å². The van der Waals surface area contributed by atoms with E-state index in [4.69, 9.17) is 4.42 Å². The van der Waals surface area contributed by atoms with Gasteiger partial charge in [0.15, 0.2) is 5.76 Å². The molecule has 1 atom stereocenters. The zero-order valence-corrected chi connectivity index (χ0v) is 12.3. The van der Waals surface area contributed by atoms with Crippen molar-refractivity contribution in [3.8, 4) is 0 Å². The van der Waals surface area contributed by atoms with Crippen molar-refractivity contribution in [3.05, 3.63) is 58.5 Å². The highest BCUT2D eigenvalue weighted by molar-refractivity contribution is 7.10. The Morgan fingerprint density at radius 2 is 2.14 bits per heavy atom. The molecule has 1 aliphatic rings. The number of thiophene rings is 1. The molecular formula is C17H15NO2S. The van der Waals surface area contributed by atoms with E-state index in [0.29, 0.717) is 5.76 Å². The zero-order valence-electron chi connectivity index (χ0n) is 11.5. The van der Waals surface area contributed by atoms with Gasteiger partial charge in [0.25, 0.3) is 5.91 Å². The summed E-state index contributed by atoms with van der Waals surface area (Å²) in [6.45, 7) is 0.804. The fourth-order valence-corrected chi connectivity index (χ4v) is 3.89. The van der Waals surface area contributed by atoms with Crippen LogP contribution in [0.25, 0.3) is 11.0 Å². The van der Waals surface area contributed by atoms with Crippen molar-refractivity contribution >= 4 is 28.2 Å². The lowest BCUT2D eigenvalue weighted by Crippen LogP contribution is -2.29. The Labute approximate surface area is 126 Å². The van der Waals surface area contributed by atoms with Crippen LogP contribution in [0.5, 0.6) is 0 Å². The van der Waals surface area contributed by atoms with Gasteiger partial charge in [-0.2, -0.15) is 0 Å². The van der Waals surface area contributed by atoms with Crippen LogP contribution in [0.1, 0.15) is 34.3 Å². The molecule has 1 aliphatic heterocycles. The summed E-state index contributed by atoms with van der Waals surface area (Å²) in [7, 11) is 0. The number of hydrogen-bond donors (Lipinski definition) is 0. The number of fused-ring (bicyclic) bond motifs is 1. The maximum atomic E-state index is 12.8. The second kappa shape index (κ2) is 5.04. The third-order valence-corrected chi connectivity index (χ3v) is 5.00. The fraction of sp³-hybridized carbons (Fsp3) is 0.235. The number of hydrogen-bond acceptors (Lipinski definition) is 3. The van der Waals surface area contributed by atoms with Crippen molar-refractivity contribution in [2.45, 2.75) is 18.9 Å². The van der Waals surface area contributed by atoms with Gasteiger partial charge in [0, 0.05) is 16.8 Å². The largest absolute Gasteiger partial charge is 0.451 e. The maximum Gasteiger partial charge on any atom is 0.290 e. The van der Waals surface area contributed by atoms with Crippen LogP contribution in [0.2, 0.25) is 0 Å². The van der Waals surface area contributed by atoms with Crippen LogP contribution in [-0.4, -0.2) is 17.4 Å². The Morgan fingerprint density at radius 1 is 1.24 bits per heavy atom. The number of carbonyl (C=O) groups excluding carboxylic acids is 1. The van der Waals surface area contributed by atoms with Gasteiger partial charge in [-0.15, -0.1) is 11.3 Å². The second-order valence-corrected chi connectivity index (χ2v) is 6.30. The molecular weight excluding hydrogens is 282 g/mol. The number of benzene rings is 1. The summed E-state index contributed by atoms with van der Waals surface area (Å²) in [6, 6.07) is 13.9. The van der Waals surface area contributed by atoms with Crippen molar-refractivity contribution in [2.75, 3.05) is 6.54 Å². The second-order valence-electron chi connectivity index (χ2n) is 5.32. The number of likely N-dealkylation sites (tertiary alicyclic amines) is 1. The van der Waals surface area contributed by atoms with E-state index in [2.05, 4.69) is 11.4 Å². The van der Waals surface area contributed by atoms with Gasteiger partial charge in [-0.25, -0.2) is 0 Å². The van der Waals surface area contributed by atoms with Crippen molar-refractivity contribution in [1.82, 2.24) is 4.90 Å². The summed E-state index contributed by atoms with van der Waals surface area (Å²) < 4.78 is 5.72. The Hall–Kier alpha value is -2.07. The molecule has 0 unspecified atom stereocenters. The van der Waals surface area contributed by atoms with E-state index in [-0.39, 0.29) is 11.9 Å². The van der Waals surface area contributed by atoms with Gasteiger partial charge in [-0.05, 0) is 36.4 Å². The van der Waals surface area contributed by atoms with Crippen LogP contribution in [-0.2, 0) is 0 Å². The molecule has 3 heterocycles. The lowest BCUT2D eigenvalue weighted by atomic mass is 10.2. The van der Waals surface area contributed by atoms with Crippen molar-refractivity contribution in [2.24, 2.45) is 0 Å². The smallest absolute Gasteiger partial charge is 0.290 e. The van der Waals surface area contributed by atoms with Crippen LogP contribution >= 0.6 is 11.3 Å². The van der Waals surface area contributed by atoms with Gasteiger partial charge in [-0.1, -0.05) is 24.3 Å². The summed E-state index contributed by atoms with van der Waals surface area (Å²) in [4.78, 5) is 16.0. The van der Waals surface area contributed by atoms with E-state index in [9.17, 15) is 4.79 Å². The van der Waals surface area contributed by atoms with Crippen molar-refractivity contribution < 1.29 is 9.21 Å². The van der Waals surface area contributed by atoms with E-state index < -0.39 is 0 Å². The molecule has 3 nitrogen and oxygen atoms in total. The Morgan fingerprint density at radius 3 is 2.95 bits per heavy atom. The standard InChI is InChI=1S/C17H15NO2S/c19-17(15-11-12-5-1-2-7-14(12)20-15)18-9-3-6-13(18)16-8-4-10-21-16/h1-2,4-5,7-8,10-11,13H,3,6,9H2/t13-/m0/s1. The summed E-state index contributed by atoms with van der Waals surface area (Å²) in [6.07, 6.45) is 2.08. The number of rotatable bonds is 2. The summed E-state index contributed by atoms with van der Waals surface area (Å²) in [5, 5.41) is 3.05. The molecule has 2 aromatic heterocycles. The molecule has 1 amide bonds. The van der Waals surface area contributed by atoms with Crippen LogP contribution in [0.15, 0.2) is 52.3 Å². The molecule has 1 fully saturated rings. The predicted molar refractivity (Wildman–Crippen MR) is 83.5 cm³/mol. The quantitative estimate of drug-likeness (QED) is 0.699. The van der Waals surface area contributed by atoms with Crippen LogP contribution in [0, 0.1) is 0 Å². The van der Waals surface area contributed by atoms with Gasteiger partial charge >= 0.3 is 0 Å². The number of para-hydroxylation sites is 1. The first-order valence-corrected chi connectivity index (χ1v) is 8.04. The fourth-order valence-electron chi connectivity index (χ4n) is 3.02. The molecule has 0 saturated carbocycles. The molecule has 0 radical (unpaired) electrons. The zero-order chi connectivity index (χ0) is 14.2. The minimum atomic E-state index is 0.00194. The normalized spacial score (nSPS) is 18.5. The minimum Gasteiger partial charge on any atom is -0.451 e.